The zero-order chi connectivity index (χ0) is 18.6. The zero-order valence-electron chi connectivity index (χ0n) is 14.9. The number of hydrogen-bond donors (Lipinski definition) is 1. The first-order chi connectivity index (χ1) is 12.4. The number of sulfonamides is 1. The molecular formula is C20H24N2O3S. The van der Waals surface area contributed by atoms with Crippen LogP contribution in [0.5, 0.6) is 0 Å². The Morgan fingerprint density at radius 3 is 2.38 bits per heavy atom. The number of carbonyl (C=O) groups excluding carboxylic acids is 1. The summed E-state index contributed by atoms with van der Waals surface area (Å²) in [5.74, 6) is -0.123. The van der Waals surface area contributed by atoms with E-state index in [0.717, 1.165) is 36.1 Å². The maximum atomic E-state index is 12.6. The summed E-state index contributed by atoms with van der Waals surface area (Å²) in [7, 11) is -3.43. The summed E-state index contributed by atoms with van der Waals surface area (Å²) in [5.41, 5.74) is 2.63. The predicted molar refractivity (Wildman–Crippen MR) is 103 cm³/mol. The second-order valence-corrected chi connectivity index (χ2v) is 8.64. The molecule has 0 aromatic heterocycles. The van der Waals surface area contributed by atoms with E-state index >= 15 is 0 Å². The number of nitrogens with zero attached hydrogens (tertiary/aromatic N) is 1. The first kappa shape index (κ1) is 18.6. The average Bonchev–Trinajstić information content (AvgIpc) is 2.63. The summed E-state index contributed by atoms with van der Waals surface area (Å²) < 4.78 is 26.8. The van der Waals surface area contributed by atoms with Gasteiger partial charge in [-0.15, -0.1) is 0 Å². The van der Waals surface area contributed by atoms with E-state index in [2.05, 4.69) is 5.32 Å². The third-order valence-corrected chi connectivity index (χ3v) is 6.46. The number of aryl methyl sites for hydroxylation is 1. The number of carbonyl (C=O) groups is 1. The normalized spacial score (nSPS) is 15.6. The van der Waals surface area contributed by atoms with Gasteiger partial charge in [0.25, 0.3) is 0 Å². The second kappa shape index (κ2) is 8.01. The van der Waals surface area contributed by atoms with Gasteiger partial charge >= 0.3 is 0 Å². The van der Waals surface area contributed by atoms with Gasteiger partial charge in [-0.25, -0.2) is 8.42 Å². The van der Waals surface area contributed by atoms with Gasteiger partial charge in [-0.1, -0.05) is 30.7 Å². The van der Waals surface area contributed by atoms with Crippen LogP contribution in [0, 0.1) is 6.92 Å². The molecule has 3 rings (SSSR count). The molecule has 26 heavy (non-hydrogen) atoms. The van der Waals surface area contributed by atoms with Crippen LogP contribution in [0.3, 0.4) is 0 Å². The molecule has 1 fully saturated rings. The first-order valence-corrected chi connectivity index (χ1v) is 10.3. The van der Waals surface area contributed by atoms with Crippen molar-refractivity contribution in [3.8, 4) is 0 Å². The third-order valence-electron chi connectivity index (χ3n) is 4.54. The highest BCUT2D eigenvalue weighted by atomic mass is 32.2. The molecule has 2 aromatic carbocycles. The van der Waals surface area contributed by atoms with Crippen molar-refractivity contribution in [1.29, 1.82) is 0 Å². The number of benzene rings is 2. The number of anilines is 1. The zero-order valence-corrected chi connectivity index (χ0v) is 15.8. The number of hydrogen-bond acceptors (Lipinski definition) is 3. The lowest BCUT2D eigenvalue weighted by Gasteiger charge is -2.25. The van der Waals surface area contributed by atoms with Crippen LogP contribution in [-0.4, -0.2) is 31.7 Å². The van der Waals surface area contributed by atoms with Crippen molar-refractivity contribution in [2.45, 2.75) is 37.5 Å². The minimum Gasteiger partial charge on any atom is -0.326 e. The van der Waals surface area contributed by atoms with Gasteiger partial charge in [0.05, 0.1) is 11.3 Å². The van der Waals surface area contributed by atoms with Crippen LogP contribution in [0.2, 0.25) is 0 Å². The molecule has 0 unspecified atom stereocenters. The third kappa shape index (κ3) is 4.51. The maximum Gasteiger partial charge on any atom is 0.243 e. The van der Waals surface area contributed by atoms with Gasteiger partial charge < -0.3 is 5.32 Å². The number of nitrogens with one attached hydrogen (secondary N) is 1. The molecule has 1 saturated heterocycles. The molecule has 0 saturated carbocycles. The fourth-order valence-corrected chi connectivity index (χ4v) is 4.66. The van der Waals surface area contributed by atoms with Gasteiger partial charge in [0.2, 0.25) is 15.9 Å². The van der Waals surface area contributed by atoms with E-state index in [-0.39, 0.29) is 12.3 Å². The SMILES string of the molecule is Cc1cccc(NC(=O)Cc2ccc(S(=O)(=O)N3CCCCC3)cc2)c1. The van der Waals surface area contributed by atoms with Crippen LogP contribution in [-0.2, 0) is 21.2 Å². The molecule has 1 aliphatic rings. The molecule has 1 amide bonds. The summed E-state index contributed by atoms with van der Waals surface area (Å²) in [6.45, 7) is 3.14. The fourth-order valence-electron chi connectivity index (χ4n) is 3.15. The van der Waals surface area contributed by atoms with Crippen LogP contribution in [0.1, 0.15) is 30.4 Å². The molecule has 0 spiro atoms. The molecular weight excluding hydrogens is 348 g/mol. The molecule has 0 bridgehead atoms. The van der Waals surface area contributed by atoms with Gasteiger partial charge in [0, 0.05) is 18.8 Å². The summed E-state index contributed by atoms with van der Waals surface area (Å²) in [4.78, 5) is 12.5. The number of rotatable bonds is 5. The maximum absolute atomic E-state index is 12.6. The van der Waals surface area contributed by atoms with E-state index in [1.54, 1.807) is 28.6 Å². The highest BCUT2D eigenvalue weighted by Gasteiger charge is 2.25. The number of piperidine rings is 1. The second-order valence-electron chi connectivity index (χ2n) is 6.70. The van der Waals surface area contributed by atoms with Gasteiger partial charge in [-0.05, 0) is 55.2 Å². The minimum absolute atomic E-state index is 0.123. The van der Waals surface area contributed by atoms with Gasteiger partial charge in [-0.2, -0.15) is 4.31 Å². The Morgan fingerprint density at radius 2 is 1.73 bits per heavy atom. The van der Waals surface area contributed by atoms with Gasteiger partial charge in [0.1, 0.15) is 0 Å². The molecule has 0 aliphatic carbocycles. The van der Waals surface area contributed by atoms with Crippen LogP contribution >= 0.6 is 0 Å². The van der Waals surface area contributed by atoms with Crippen LogP contribution in [0.4, 0.5) is 5.69 Å². The minimum atomic E-state index is -3.43. The first-order valence-electron chi connectivity index (χ1n) is 8.91. The lowest BCUT2D eigenvalue weighted by atomic mass is 10.1. The highest BCUT2D eigenvalue weighted by molar-refractivity contribution is 7.89. The average molecular weight is 372 g/mol. The molecule has 1 N–H and O–H groups in total. The van der Waals surface area contributed by atoms with E-state index in [1.807, 2.05) is 31.2 Å². The monoisotopic (exact) mass is 372 g/mol. The Hall–Kier alpha value is -2.18. The Kier molecular flexibility index (Phi) is 5.74. The van der Waals surface area contributed by atoms with Crippen molar-refractivity contribution >= 4 is 21.6 Å². The largest absolute Gasteiger partial charge is 0.326 e. The summed E-state index contributed by atoms with van der Waals surface area (Å²) in [5, 5.41) is 2.86. The molecule has 0 atom stereocenters. The Labute approximate surface area is 155 Å². The van der Waals surface area contributed by atoms with E-state index in [4.69, 9.17) is 0 Å². The highest BCUT2D eigenvalue weighted by Crippen LogP contribution is 2.21. The van der Waals surface area contributed by atoms with Crippen molar-refractivity contribution in [1.82, 2.24) is 4.31 Å². The fraction of sp³-hybridized carbons (Fsp3) is 0.350. The molecule has 1 aliphatic heterocycles. The topological polar surface area (TPSA) is 66.5 Å². The van der Waals surface area contributed by atoms with Crippen molar-refractivity contribution < 1.29 is 13.2 Å². The molecule has 2 aromatic rings. The van der Waals surface area contributed by atoms with Crippen LogP contribution < -0.4 is 5.32 Å². The van der Waals surface area contributed by atoms with Crippen molar-refractivity contribution in [2.75, 3.05) is 18.4 Å². The molecule has 6 heteroatoms. The van der Waals surface area contributed by atoms with E-state index in [1.165, 1.54) is 0 Å². The van der Waals surface area contributed by atoms with Crippen LogP contribution in [0.25, 0.3) is 0 Å². The summed E-state index contributed by atoms with van der Waals surface area (Å²) >= 11 is 0. The number of amides is 1. The molecule has 138 valence electrons. The lowest BCUT2D eigenvalue weighted by Crippen LogP contribution is -2.35. The van der Waals surface area contributed by atoms with E-state index in [0.29, 0.717) is 18.0 Å². The van der Waals surface area contributed by atoms with Gasteiger partial charge in [-0.3, -0.25) is 4.79 Å². The Bertz CT molecular complexity index is 870. The summed E-state index contributed by atoms with van der Waals surface area (Å²) in [6.07, 6.45) is 3.12. The van der Waals surface area contributed by atoms with Gasteiger partial charge in [0.15, 0.2) is 0 Å². The molecule has 0 radical (unpaired) electrons. The predicted octanol–water partition coefficient (Wildman–Crippen LogP) is 3.35. The Balaban J connectivity index is 1.64. The smallest absolute Gasteiger partial charge is 0.243 e. The standard InChI is InChI=1S/C20H24N2O3S/c1-16-6-5-7-18(14-16)21-20(23)15-17-8-10-19(11-9-17)26(24,25)22-12-3-2-4-13-22/h5-11,14H,2-4,12-13,15H2,1H3,(H,21,23). The Morgan fingerprint density at radius 1 is 1.04 bits per heavy atom. The quantitative estimate of drug-likeness (QED) is 0.875. The van der Waals surface area contributed by atoms with Crippen molar-refractivity contribution in [2.24, 2.45) is 0 Å². The van der Waals surface area contributed by atoms with Crippen LogP contribution in [0.15, 0.2) is 53.4 Å². The van der Waals surface area contributed by atoms with E-state index < -0.39 is 10.0 Å². The molecule has 1 heterocycles. The van der Waals surface area contributed by atoms with Crippen molar-refractivity contribution in [3.05, 3.63) is 59.7 Å². The molecule has 5 nitrogen and oxygen atoms in total. The van der Waals surface area contributed by atoms with Crippen molar-refractivity contribution in [3.63, 3.8) is 0 Å². The summed E-state index contributed by atoms with van der Waals surface area (Å²) in [6, 6.07) is 14.2. The lowest BCUT2D eigenvalue weighted by molar-refractivity contribution is -0.115. The van der Waals surface area contributed by atoms with E-state index in [9.17, 15) is 13.2 Å².